The van der Waals surface area contributed by atoms with E-state index in [1.165, 1.54) is 0 Å². The zero-order chi connectivity index (χ0) is 6.04. The van der Waals surface area contributed by atoms with E-state index >= 15 is 0 Å². The van der Waals surface area contributed by atoms with Crippen molar-refractivity contribution >= 4 is 0 Å². The van der Waals surface area contributed by atoms with Crippen LogP contribution < -0.4 is 24.0 Å². The van der Waals surface area contributed by atoms with Crippen LogP contribution >= 0.6 is 0 Å². The summed E-state index contributed by atoms with van der Waals surface area (Å²) in [5.41, 5.74) is 0. The normalized spacial score (nSPS) is 22.2. The zero-order valence-electron chi connectivity index (χ0n) is 5.75. The molecular formula is C6H9F2IZn. The topological polar surface area (TPSA) is 0 Å². The molecule has 0 amide bonds. The van der Waals surface area contributed by atoms with Crippen LogP contribution in [-0.2, 0) is 19.5 Å². The second kappa shape index (κ2) is 5.81. The van der Waals surface area contributed by atoms with Crippen molar-refractivity contribution in [3.8, 4) is 0 Å². The molecule has 1 fully saturated rings. The Balaban J connectivity index is 0. The van der Waals surface area contributed by atoms with Gasteiger partial charge in [0.25, 0.3) is 0 Å². The molecule has 0 N–H and O–H groups in total. The van der Waals surface area contributed by atoms with Crippen molar-refractivity contribution in [3.05, 3.63) is 6.42 Å². The summed E-state index contributed by atoms with van der Waals surface area (Å²) in [7, 11) is 0. The molecular weight excluding hydrogens is 302 g/mol. The second-order valence-electron chi connectivity index (χ2n) is 2.22. The molecule has 1 saturated carbocycles. The molecule has 0 aromatic rings. The SMILES string of the molecule is FC1(F)CC[CH-]CC1.[I-].[Zn+2]. The third-order valence-electron chi connectivity index (χ3n) is 1.43. The van der Waals surface area contributed by atoms with Crippen molar-refractivity contribution in [2.75, 3.05) is 0 Å². The number of halogens is 3. The molecule has 0 atom stereocenters. The van der Waals surface area contributed by atoms with Crippen molar-refractivity contribution in [3.63, 3.8) is 0 Å². The molecule has 0 bridgehead atoms. The Labute approximate surface area is 89.9 Å². The van der Waals surface area contributed by atoms with Crippen LogP contribution in [0, 0.1) is 6.42 Å². The molecule has 0 radical (unpaired) electrons. The monoisotopic (exact) mass is 310 g/mol. The molecule has 0 saturated heterocycles. The first-order valence-corrected chi connectivity index (χ1v) is 2.90. The summed E-state index contributed by atoms with van der Waals surface area (Å²) >= 11 is 0. The van der Waals surface area contributed by atoms with E-state index < -0.39 is 5.92 Å². The van der Waals surface area contributed by atoms with Crippen molar-refractivity contribution in [2.45, 2.75) is 31.6 Å². The number of hydrogen-bond donors (Lipinski definition) is 0. The first-order chi connectivity index (χ1) is 3.71. The third-order valence-corrected chi connectivity index (χ3v) is 1.43. The molecule has 10 heavy (non-hydrogen) atoms. The molecule has 56 valence electrons. The summed E-state index contributed by atoms with van der Waals surface area (Å²) in [6, 6.07) is 0. The van der Waals surface area contributed by atoms with Crippen LogP contribution in [0.3, 0.4) is 0 Å². The van der Waals surface area contributed by atoms with E-state index in [0.29, 0.717) is 12.8 Å². The largest absolute Gasteiger partial charge is 2.00 e. The Bertz CT molecular complexity index is 79.8. The standard InChI is InChI=1S/C6H9F2.HI.Zn/c7-6(8)4-2-1-3-5-6;;/h1H,2-5H2;1H;/q-1;;+2/p-1. The van der Waals surface area contributed by atoms with E-state index in [0.717, 1.165) is 0 Å². The minimum absolute atomic E-state index is 0. The van der Waals surface area contributed by atoms with E-state index in [1.807, 2.05) is 6.42 Å². The summed E-state index contributed by atoms with van der Waals surface area (Å²) < 4.78 is 24.4. The fraction of sp³-hybridized carbons (Fsp3) is 0.833. The zero-order valence-corrected chi connectivity index (χ0v) is 10.9. The maximum Gasteiger partial charge on any atom is 2.00 e. The molecule has 1 aliphatic carbocycles. The molecule has 1 aliphatic rings. The average molecular weight is 311 g/mol. The summed E-state index contributed by atoms with van der Waals surface area (Å²) in [6.07, 6.45) is 3.23. The van der Waals surface area contributed by atoms with Gasteiger partial charge in [-0.25, -0.2) is 8.78 Å². The van der Waals surface area contributed by atoms with Gasteiger partial charge < -0.3 is 30.4 Å². The van der Waals surface area contributed by atoms with E-state index in [9.17, 15) is 8.78 Å². The molecule has 0 aromatic heterocycles. The van der Waals surface area contributed by atoms with Crippen molar-refractivity contribution in [2.24, 2.45) is 0 Å². The Morgan fingerprint density at radius 1 is 1.10 bits per heavy atom. The van der Waals surface area contributed by atoms with Crippen LogP contribution in [0.5, 0.6) is 0 Å². The van der Waals surface area contributed by atoms with Crippen LogP contribution in [-0.4, -0.2) is 5.92 Å². The fourth-order valence-electron chi connectivity index (χ4n) is 0.896. The van der Waals surface area contributed by atoms with Crippen LogP contribution in [0.25, 0.3) is 0 Å². The second-order valence-corrected chi connectivity index (χ2v) is 2.22. The van der Waals surface area contributed by atoms with Gasteiger partial charge in [-0.05, 0) is 12.8 Å². The Kier molecular flexibility index (Phi) is 8.01. The Morgan fingerprint density at radius 2 is 1.50 bits per heavy atom. The predicted octanol–water partition coefficient (Wildman–Crippen LogP) is -0.599. The van der Waals surface area contributed by atoms with Gasteiger partial charge >= 0.3 is 19.5 Å². The summed E-state index contributed by atoms with van der Waals surface area (Å²) in [6.45, 7) is 0. The van der Waals surface area contributed by atoms with Gasteiger partial charge in [-0.15, -0.1) is 0 Å². The van der Waals surface area contributed by atoms with Gasteiger partial charge in [-0.2, -0.15) is 12.8 Å². The van der Waals surface area contributed by atoms with Crippen LogP contribution in [0.2, 0.25) is 0 Å². The molecule has 0 unspecified atom stereocenters. The van der Waals surface area contributed by atoms with Crippen LogP contribution in [0.4, 0.5) is 8.78 Å². The van der Waals surface area contributed by atoms with Crippen LogP contribution in [0.15, 0.2) is 0 Å². The number of rotatable bonds is 0. The Morgan fingerprint density at radius 3 is 1.70 bits per heavy atom. The average Bonchev–Trinajstić information content (AvgIpc) is 1.65. The van der Waals surface area contributed by atoms with Crippen molar-refractivity contribution in [1.29, 1.82) is 0 Å². The maximum atomic E-state index is 12.2. The number of alkyl halides is 2. The first kappa shape index (κ1) is 13.8. The smallest absolute Gasteiger partial charge is 1.00 e. The van der Waals surface area contributed by atoms with Crippen molar-refractivity contribution < 1.29 is 52.2 Å². The predicted molar refractivity (Wildman–Crippen MR) is 27.7 cm³/mol. The Hall–Kier alpha value is 1.21. The minimum atomic E-state index is -2.35. The van der Waals surface area contributed by atoms with Gasteiger partial charge in [0.1, 0.15) is 0 Å². The van der Waals surface area contributed by atoms with Gasteiger partial charge in [0, 0.05) is 0 Å². The van der Waals surface area contributed by atoms with Crippen LogP contribution in [0.1, 0.15) is 25.7 Å². The van der Waals surface area contributed by atoms with Gasteiger partial charge in [0.2, 0.25) is 5.92 Å². The molecule has 4 heteroatoms. The van der Waals surface area contributed by atoms with Crippen molar-refractivity contribution in [1.82, 2.24) is 0 Å². The fourth-order valence-corrected chi connectivity index (χ4v) is 0.896. The molecule has 1 rings (SSSR count). The van der Waals surface area contributed by atoms with E-state index in [1.54, 1.807) is 0 Å². The quantitative estimate of drug-likeness (QED) is 0.318. The minimum Gasteiger partial charge on any atom is -1.00 e. The number of hydrogen-bond acceptors (Lipinski definition) is 0. The summed E-state index contributed by atoms with van der Waals surface area (Å²) in [5, 5.41) is 0. The summed E-state index contributed by atoms with van der Waals surface area (Å²) in [5.74, 6) is -2.35. The molecule has 0 aromatic carbocycles. The van der Waals surface area contributed by atoms with Gasteiger partial charge in [0.15, 0.2) is 0 Å². The molecule has 0 nitrogen and oxygen atoms in total. The first-order valence-electron chi connectivity index (χ1n) is 2.90. The third kappa shape index (κ3) is 4.94. The maximum absolute atomic E-state index is 12.2. The molecule has 0 aliphatic heterocycles. The molecule has 0 spiro atoms. The van der Waals surface area contributed by atoms with E-state index in [-0.39, 0.29) is 56.3 Å². The van der Waals surface area contributed by atoms with E-state index in [2.05, 4.69) is 0 Å². The van der Waals surface area contributed by atoms with Gasteiger partial charge in [0.05, 0.1) is 0 Å². The van der Waals surface area contributed by atoms with Gasteiger partial charge in [-0.3, -0.25) is 0 Å². The molecule has 0 heterocycles. The van der Waals surface area contributed by atoms with Gasteiger partial charge in [-0.1, -0.05) is 0 Å². The summed E-state index contributed by atoms with van der Waals surface area (Å²) in [4.78, 5) is 0. The van der Waals surface area contributed by atoms with E-state index in [4.69, 9.17) is 0 Å².